The summed E-state index contributed by atoms with van der Waals surface area (Å²) < 4.78 is 0. The lowest BCUT2D eigenvalue weighted by atomic mass is 9.97. The van der Waals surface area contributed by atoms with Gasteiger partial charge in [-0.25, -0.2) is 4.79 Å². The summed E-state index contributed by atoms with van der Waals surface area (Å²) in [5.74, 6) is -14.1. The first-order chi connectivity index (χ1) is 31.5. The van der Waals surface area contributed by atoms with Gasteiger partial charge in [0.15, 0.2) is 0 Å². The molecule has 0 aliphatic rings. The third kappa shape index (κ3) is 21.8. The molecule has 388 valence electrons. The second-order valence-corrected chi connectivity index (χ2v) is 17.8. The van der Waals surface area contributed by atoms with E-state index in [4.69, 9.17) is 22.3 Å². The number of amides is 9. The number of unbranched alkanes of at least 4 members (excludes halogenated alkanes) is 1. The first-order valence-corrected chi connectivity index (χ1v) is 22.4. The number of aliphatic hydroxyl groups excluding tert-OH is 2. The Morgan fingerprint density at radius 3 is 1.18 bits per heavy atom. The van der Waals surface area contributed by atoms with Crippen LogP contribution in [0.1, 0.15) is 101 Å². The van der Waals surface area contributed by atoms with Gasteiger partial charge in [0, 0.05) is 6.42 Å². The van der Waals surface area contributed by atoms with Crippen molar-refractivity contribution in [2.75, 3.05) is 13.2 Å². The van der Waals surface area contributed by atoms with Crippen LogP contribution in [-0.2, 0) is 52.7 Å². The van der Waals surface area contributed by atoms with E-state index in [0.717, 1.165) is 0 Å². The zero-order valence-electron chi connectivity index (χ0n) is 40.3. The van der Waals surface area contributed by atoms with Gasteiger partial charge in [-0.05, 0) is 62.8 Å². The minimum absolute atomic E-state index is 0.0800. The van der Waals surface area contributed by atoms with Gasteiger partial charge in [-0.1, -0.05) is 55.4 Å². The number of aliphatic carboxylic acids is 2. The third-order valence-corrected chi connectivity index (χ3v) is 10.5. The number of hydrogen-bond donors (Lipinski definition) is 15. The molecule has 0 heterocycles. The Bertz CT molecular complexity index is 1760. The van der Waals surface area contributed by atoms with Crippen LogP contribution in [0.5, 0.6) is 0 Å². The standard InChI is InChI=1S/C42H75N11O15/c1-18(2)29(37(62)47-25(42(67)68)12-10-11-15-43)52-41(66)33(22(9)55)53-40(65)32(21(7)8)51-39(64)31(20(5)6)50-38(63)30(19(3)4)49-36(61)26(16-27(45)56)48-35(60)24(13-14-28(57)58)46-34(59)23(44)17-54/h18-26,29-33,54-55H,10-17,43-44H2,1-9H3,(H2,45,56)(H,46,59)(H,47,62)(H,48,60)(H,49,61)(H,50,63)(H,51,64)(H,52,66)(H,53,65)(H,57,58)(H,67,68). The molecule has 0 aromatic heterocycles. The molecule has 0 aromatic carbocycles. The van der Waals surface area contributed by atoms with E-state index in [1.807, 2.05) is 0 Å². The lowest BCUT2D eigenvalue weighted by Gasteiger charge is -2.31. The topological polar surface area (TPSA) is 443 Å². The number of carbonyl (C=O) groups excluding carboxylic acids is 9. The van der Waals surface area contributed by atoms with Crippen molar-refractivity contribution in [3.63, 3.8) is 0 Å². The van der Waals surface area contributed by atoms with Crippen molar-refractivity contribution in [2.24, 2.45) is 40.9 Å². The van der Waals surface area contributed by atoms with Gasteiger partial charge in [-0.2, -0.15) is 0 Å². The van der Waals surface area contributed by atoms with E-state index in [1.54, 1.807) is 41.5 Å². The summed E-state index contributed by atoms with van der Waals surface area (Å²) in [5.41, 5.74) is 16.3. The predicted octanol–water partition coefficient (Wildman–Crippen LogP) is -4.86. The molecule has 68 heavy (non-hydrogen) atoms. The molecule has 0 bridgehead atoms. The monoisotopic (exact) mass is 974 g/mol. The molecule has 26 nitrogen and oxygen atoms in total. The van der Waals surface area contributed by atoms with E-state index in [9.17, 15) is 68.1 Å². The Morgan fingerprint density at radius 2 is 0.824 bits per heavy atom. The highest BCUT2D eigenvalue weighted by Gasteiger charge is 2.38. The van der Waals surface area contributed by atoms with Gasteiger partial charge in [0.1, 0.15) is 54.4 Å². The van der Waals surface area contributed by atoms with Gasteiger partial charge in [-0.3, -0.25) is 47.9 Å². The van der Waals surface area contributed by atoms with Gasteiger partial charge in [-0.15, -0.1) is 0 Å². The van der Waals surface area contributed by atoms with Gasteiger partial charge in [0.25, 0.3) is 0 Å². The Hall–Kier alpha value is -5.99. The fraction of sp³-hybridized carbons (Fsp3) is 0.738. The zero-order valence-corrected chi connectivity index (χ0v) is 40.3. The number of primary amides is 1. The normalized spacial score (nSPS) is 15.8. The Balaban J connectivity index is 6.32. The van der Waals surface area contributed by atoms with Crippen molar-refractivity contribution < 1.29 is 73.2 Å². The molecule has 26 heteroatoms. The van der Waals surface area contributed by atoms with Gasteiger partial charge in [0.05, 0.1) is 19.1 Å². The lowest BCUT2D eigenvalue weighted by molar-refractivity contribution is -0.143. The molecule has 0 saturated carbocycles. The third-order valence-electron chi connectivity index (χ3n) is 10.5. The Labute approximate surface area is 395 Å². The van der Waals surface area contributed by atoms with Crippen molar-refractivity contribution in [1.82, 2.24) is 42.5 Å². The second kappa shape index (κ2) is 30.4. The second-order valence-electron chi connectivity index (χ2n) is 17.8. The number of hydrogen-bond acceptors (Lipinski definition) is 15. The van der Waals surface area contributed by atoms with Crippen LogP contribution in [0.4, 0.5) is 0 Å². The molecule has 0 saturated heterocycles. The first-order valence-electron chi connectivity index (χ1n) is 22.4. The zero-order chi connectivity index (χ0) is 52.7. The van der Waals surface area contributed by atoms with Crippen molar-refractivity contribution in [2.45, 2.75) is 161 Å². The van der Waals surface area contributed by atoms with Crippen LogP contribution in [0.2, 0.25) is 0 Å². The molecular weight excluding hydrogens is 899 g/mol. The summed E-state index contributed by atoms with van der Waals surface area (Å²) in [7, 11) is 0. The average molecular weight is 974 g/mol. The van der Waals surface area contributed by atoms with E-state index >= 15 is 0 Å². The number of carboxylic acids is 2. The van der Waals surface area contributed by atoms with Crippen LogP contribution in [0.25, 0.3) is 0 Å². The van der Waals surface area contributed by atoms with E-state index in [1.165, 1.54) is 20.8 Å². The number of carboxylic acid groups (broad SMARTS) is 2. The van der Waals surface area contributed by atoms with Crippen molar-refractivity contribution in [3.05, 3.63) is 0 Å². The van der Waals surface area contributed by atoms with E-state index in [-0.39, 0.29) is 6.42 Å². The maximum absolute atomic E-state index is 13.9. The van der Waals surface area contributed by atoms with Crippen LogP contribution >= 0.6 is 0 Å². The highest BCUT2D eigenvalue weighted by Crippen LogP contribution is 2.12. The summed E-state index contributed by atoms with van der Waals surface area (Å²) in [5, 5.41) is 57.8. The highest BCUT2D eigenvalue weighted by atomic mass is 16.4. The van der Waals surface area contributed by atoms with Gasteiger partial charge < -0.3 is 80.2 Å². The average Bonchev–Trinajstić information content (AvgIpc) is 3.23. The smallest absolute Gasteiger partial charge is 0.326 e. The molecule has 9 amide bonds. The fourth-order valence-electron chi connectivity index (χ4n) is 6.36. The number of nitrogens with one attached hydrogen (secondary N) is 8. The minimum atomic E-state index is -1.76. The Morgan fingerprint density at radius 1 is 0.471 bits per heavy atom. The molecule has 0 aromatic rings. The molecule has 0 radical (unpaired) electrons. The summed E-state index contributed by atoms with van der Waals surface area (Å²) in [6.45, 7) is 13.2. The van der Waals surface area contributed by atoms with Crippen LogP contribution < -0.4 is 59.7 Å². The predicted molar refractivity (Wildman–Crippen MR) is 243 cm³/mol. The Kier molecular flexibility index (Phi) is 27.7. The lowest BCUT2D eigenvalue weighted by Crippen LogP contribution is -2.63. The number of nitrogens with two attached hydrogens (primary N) is 3. The maximum Gasteiger partial charge on any atom is 0.326 e. The summed E-state index contributed by atoms with van der Waals surface area (Å²) in [6, 6.07) is -13.3. The summed E-state index contributed by atoms with van der Waals surface area (Å²) >= 11 is 0. The first kappa shape index (κ1) is 62.0. The maximum atomic E-state index is 13.9. The molecule has 0 aliphatic heterocycles. The molecule has 18 N–H and O–H groups in total. The minimum Gasteiger partial charge on any atom is -0.481 e. The molecule has 0 spiro atoms. The van der Waals surface area contributed by atoms with Crippen LogP contribution in [0.3, 0.4) is 0 Å². The summed E-state index contributed by atoms with van der Waals surface area (Å²) in [6.07, 6.45) is -2.46. The van der Waals surface area contributed by atoms with E-state index in [0.29, 0.717) is 19.4 Å². The van der Waals surface area contributed by atoms with E-state index < -0.39 is 175 Å². The molecular formula is C42H75N11O15. The largest absolute Gasteiger partial charge is 0.481 e. The van der Waals surface area contributed by atoms with Crippen molar-refractivity contribution >= 4 is 65.1 Å². The highest BCUT2D eigenvalue weighted by molar-refractivity contribution is 5.99. The quantitative estimate of drug-likeness (QED) is 0.0281. The molecule has 10 unspecified atom stereocenters. The van der Waals surface area contributed by atoms with Gasteiger partial charge >= 0.3 is 11.9 Å². The van der Waals surface area contributed by atoms with E-state index in [2.05, 4.69) is 42.5 Å². The number of rotatable bonds is 32. The SMILES string of the molecule is CC(C)C(NC(=O)C(CC(N)=O)NC(=O)C(CCC(=O)O)NC(=O)C(N)CO)C(=O)NC(C(=O)NC(C(=O)NC(C(=O)NC(C(=O)NC(CCCCN)C(=O)O)C(C)C)C(C)O)C(C)C)C(C)C. The van der Waals surface area contributed by atoms with Crippen LogP contribution in [0, 0.1) is 23.7 Å². The van der Waals surface area contributed by atoms with Crippen LogP contribution in [-0.4, -0.2) is 159 Å². The molecule has 0 aliphatic carbocycles. The molecule has 0 fully saturated rings. The molecule has 0 rings (SSSR count). The number of carbonyl (C=O) groups is 11. The fourth-order valence-corrected chi connectivity index (χ4v) is 6.36. The van der Waals surface area contributed by atoms with Crippen molar-refractivity contribution in [1.29, 1.82) is 0 Å². The molecule has 10 atom stereocenters. The summed E-state index contributed by atoms with van der Waals surface area (Å²) in [4.78, 5) is 143. The number of aliphatic hydroxyl groups is 2. The van der Waals surface area contributed by atoms with Crippen LogP contribution in [0.15, 0.2) is 0 Å². The van der Waals surface area contributed by atoms with Crippen molar-refractivity contribution in [3.8, 4) is 0 Å². The van der Waals surface area contributed by atoms with Gasteiger partial charge in [0.2, 0.25) is 53.2 Å².